The number of morpholine rings is 1. The van der Waals surface area contributed by atoms with Crippen molar-refractivity contribution in [3.8, 4) is 0 Å². The van der Waals surface area contributed by atoms with Crippen LogP contribution in [-0.4, -0.2) is 61.1 Å². The second-order valence-corrected chi connectivity index (χ2v) is 7.75. The van der Waals surface area contributed by atoms with Crippen LogP contribution in [0, 0.1) is 0 Å². The summed E-state index contributed by atoms with van der Waals surface area (Å²) in [5.74, 6) is 0.0306. The van der Waals surface area contributed by atoms with E-state index in [0.29, 0.717) is 6.54 Å². The van der Waals surface area contributed by atoms with Crippen molar-refractivity contribution >= 4 is 11.6 Å². The minimum Gasteiger partial charge on any atom is -0.379 e. The Labute approximate surface area is 174 Å². The van der Waals surface area contributed by atoms with Gasteiger partial charge in [0.15, 0.2) is 0 Å². The fourth-order valence-electron chi connectivity index (χ4n) is 3.71. The summed E-state index contributed by atoms with van der Waals surface area (Å²) < 4.78 is 5.47. The van der Waals surface area contributed by atoms with E-state index in [1.54, 1.807) is 0 Å². The third kappa shape index (κ3) is 6.96. The number of hydrogen-bond acceptors (Lipinski definition) is 4. The average Bonchev–Trinajstić information content (AvgIpc) is 2.75. The van der Waals surface area contributed by atoms with E-state index in [1.165, 1.54) is 11.1 Å². The third-order valence-electron chi connectivity index (χ3n) is 5.44. The standard InChI is InChI=1S/C24H33N3O2/c1-3-21-10-7-11-23(16-21)25-24(28)19-27(18-22-8-5-4-6-9-22)20(2)17-26-12-14-29-15-13-26/h4-11,16,20H,3,12-15,17-19H2,1-2H3,(H,25,28). The smallest absolute Gasteiger partial charge is 0.238 e. The number of amides is 1. The maximum Gasteiger partial charge on any atom is 0.238 e. The molecule has 1 amide bonds. The summed E-state index contributed by atoms with van der Waals surface area (Å²) >= 11 is 0. The van der Waals surface area contributed by atoms with Crippen LogP contribution in [0.25, 0.3) is 0 Å². The van der Waals surface area contributed by atoms with Crippen molar-refractivity contribution in [2.45, 2.75) is 32.9 Å². The highest BCUT2D eigenvalue weighted by molar-refractivity contribution is 5.92. The first kappa shape index (κ1) is 21.5. The van der Waals surface area contributed by atoms with Crippen LogP contribution < -0.4 is 5.32 Å². The van der Waals surface area contributed by atoms with Crippen molar-refractivity contribution in [3.63, 3.8) is 0 Å². The summed E-state index contributed by atoms with van der Waals surface area (Å²) in [6, 6.07) is 18.7. The Balaban J connectivity index is 1.65. The van der Waals surface area contributed by atoms with Gasteiger partial charge in [0.2, 0.25) is 5.91 Å². The van der Waals surface area contributed by atoms with Gasteiger partial charge in [-0.05, 0) is 36.6 Å². The predicted octanol–water partition coefficient (Wildman–Crippen LogP) is 3.41. The fourth-order valence-corrected chi connectivity index (χ4v) is 3.71. The van der Waals surface area contributed by atoms with Crippen LogP contribution in [0.3, 0.4) is 0 Å². The van der Waals surface area contributed by atoms with Crippen LogP contribution in [0.5, 0.6) is 0 Å². The zero-order chi connectivity index (χ0) is 20.5. The first-order chi connectivity index (χ1) is 14.1. The lowest BCUT2D eigenvalue weighted by atomic mass is 10.1. The number of carbonyl (C=O) groups is 1. The molecule has 2 aromatic carbocycles. The molecule has 0 spiro atoms. The van der Waals surface area contributed by atoms with Gasteiger partial charge in [0.25, 0.3) is 0 Å². The summed E-state index contributed by atoms with van der Waals surface area (Å²) in [5.41, 5.74) is 3.32. The quantitative estimate of drug-likeness (QED) is 0.707. The lowest BCUT2D eigenvalue weighted by molar-refractivity contribution is -0.118. The van der Waals surface area contributed by atoms with E-state index in [1.807, 2.05) is 18.2 Å². The van der Waals surface area contributed by atoms with Gasteiger partial charge < -0.3 is 10.1 Å². The number of rotatable bonds is 9. The van der Waals surface area contributed by atoms with Crippen LogP contribution in [0.2, 0.25) is 0 Å². The van der Waals surface area contributed by atoms with Crippen molar-refractivity contribution in [1.82, 2.24) is 9.80 Å². The number of hydrogen-bond donors (Lipinski definition) is 1. The molecule has 156 valence electrons. The highest BCUT2D eigenvalue weighted by Gasteiger charge is 2.21. The first-order valence-corrected chi connectivity index (χ1v) is 10.6. The van der Waals surface area contributed by atoms with Gasteiger partial charge in [-0.25, -0.2) is 0 Å². The Morgan fingerprint density at radius 1 is 1.10 bits per heavy atom. The normalized spacial score (nSPS) is 16.0. The second-order valence-electron chi connectivity index (χ2n) is 7.75. The number of carbonyl (C=O) groups excluding carboxylic acids is 1. The molecule has 1 heterocycles. The summed E-state index contributed by atoms with van der Waals surface area (Å²) in [6.45, 7) is 9.90. The number of aryl methyl sites for hydroxylation is 1. The molecular weight excluding hydrogens is 362 g/mol. The molecule has 1 unspecified atom stereocenters. The highest BCUT2D eigenvalue weighted by Crippen LogP contribution is 2.14. The number of nitrogens with one attached hydrogen (secondary N) is 1. The molecule has 1 fully saturated rings. The van der Waals surface area contributed by atoms with Gasteiger partial charge in [-0.1, -0.05) is 49.4 Å². The molecule has 1 atom stereocenters. The minimum absolute atomic E-state index is 0.0306. The Bertz CT molecular complexity index is 760. The lowest BCUT2D eigenvalue weighted by Gasteiger charge is -2.34. The van der Waals surface area contributed by atoms with Crippen molar-refractivity contribution in [2.75, 3.05) is 44.7 Å². The van der Waals surface area contributed by atoms with E-state index in [2.05, 4.69) is 65.4 Å². The zero-order valence-electron chi connectivity index (χ0n) is 17.6. The molecule has 1 aliphatic rings. The van der Waals surface area contributed by atoms with Crippen LogP contribution in [0.15, 0.2) is 54.6 Å². The summed E-state index contributed by atoms with van der Waals surface area (Å²) in [7, 11) is 0. The second kappa shape index (κ2) is 11.1. The van der Waals surface area contributed by atoms with Crippen LogP contribution in [-0.2, 0) is 22.5 Å². The van der Waals surface area contributed by atoms with E-state index < -0.39 is 0 Å². The molecule has 5 nitrogen and oxygen atoms in total. The van der Waals surface area contributed by atoms with E-state index in [0.717, 1.165) is 51.5 Å². The van der Waals surface area contributed by atoms with Gasteiger partial charge in [0.05, 0.1) is 19.8 Å². The van der Waals surface area contributed by atoms with Crippen molar-refractivity contribution in [2.24, 2.45) is 0 Å². The zero-order valence-corrected chi connectivity index (χ0v) is 17.6. The van der Waals surface area contributed by atoms with Crippen LogP contribution in [0.4, 0.5) is 5.69 Å². The number of nitrogens with zero attached hydrogens (tertiary/aromatic N) is 2. The van der Waals surface area contributed by atoms with Crippen molar-refractivity contribution < 1.29 is 9.53 Å². The van der Waals surface area contributed by atoms with Crippen molar-refractivity contribution in [1.29, 1.82) is 0 Å². The Morgan fingerprint density at radius 3 is 2.55 bits per heavy atom. The molecule has 0 aliphatic carbocycles. The van der Waals surface area contributed by atoms with E-state index in [9.17, 15) is 4.79 Å². The molecule has 1 N–H and O–H groups in total. The third-order valence-corrected chi connectivity index (χ3v) is 5.44. The molecular formula is C24H33N3O2. The molecule has 3 rings (SSSR count). The van der Waals surface area contributed by atoms with E-state index >= 15 is 0 Å². The van der Waals surface area contributed by atoms with Crippen LogP contribution in [0.1, 0.15) is 25.0 Å². The minimum atomic E-state index is 0.0306. The number of ether oxygens (including phenoxy) is 1. The molecule has 0 aromatic heterocycles. The molecule has 0 saturated carbocycles. The molecule has 1 saturated heterocycles. The van der Waals surface area contributed by atoms with Gasteiger partial charge in [0, 0.05) is 37.9 Å². The summed E-state index contributed by atoms with van der Waals surface area (Å²) in [6.07, 6.45) is 0.959. The number of anilines is 1. The summed E-state index contributed by atoms with van der Waals surface area (Å²) in [4.78, 5) is 17.5. The van der Waals surface area contributed by atoms with Crippen LogP contribution >= 0.6 is 0 Å². The Hall–Kier alpha value is -2.21. The maximum absolute atomic E-state index is 12.8. The van der Waals surface area contributed by atoms with Gasteiger partial charge in [0.1, 0.15) is 0 Å². The summed E-state index contributed by atoms with van der Waals surface area (Å²) in [5, 5.41) is 3.08. The van der Waals surface area contributed by atoms with Gasteiger partial charge in [-0.2, -0.15) is 0 Å². The SMILES string of the molecule is CCc1cccc(NC(=O)CN(Cc2ccccc2)C(C)CN2CCOCC2)c1. The predicted molar refractivity (Wildman–Crippen MR) is 118 cm³/mol. The molecule has 1 aliphatic heterocycles. The van der Waals surface area contributed by atoms with Crippen molar-refractivity contribution in [3.05, 3.63) is 65.7 Å². The molecule has 2 aromatic rings. The monoisotopic (exact) mass is 395 g/mol. The van der Waals surface area contributed by atoms with Gasteiger partial charge in [-0.15, -0.1) is 0 Å². The highest BCUT2D eigenvalue weighted by atomic mass is 16.5. The van der Waals surface area contributed by atoms with E-state index in [4.69, 9.17) is 4.74 Å². The largest absolute Gasteiger partial charge is 0.379 e. The Morgan fingerprint density at radius 2 is 1.83 bits per heavy atom. The van der Waals surface area contributed by atoms with Gasteiger partial charge in [-0.3, -0.25) is 14.6 Å². The molecule has 0 radical (unpaired) electrons. The average molecular weight is 396 g/mol. The molecule has 29 heavy (non-hydrogen) atoms. The maximum atomic E-state index is 12.8. The van der Waals surface area contributed by atoms with E-state index in [-0.39, 0.29) is 11.9 Å². The topological polar surface area (TPSA) is 44.8 Å². The lowest BCUT2D eigenvalue weighted by Crippen LogP contribution is -2.47. The molecule has 0 bridgehead atoms. The van der Waals surface area contributed by atoms with Gasteiger partial charge >= 0.3 is 0 Å². The fraction of sp³-hybridized carbons (Fsp3) is 0.458. The number of benzene rings is 2. The molecule has 5 heteroatoms. The first-order valence-electron chi connectivity index (χ1n) is 10.6. The Kier molecular flexibility index (Phi) is 8.23.